The predicted octanol–water partition coefficient (Wildman–Crippen LogP) is 3.22. The van der Waals surface area contributed by atoms with Gasteiger partial charge in [-0.3, -0.25) is 0 Å². The van der Waals surface area contributed by atoms with E-state index in [0.717, 1.165) is 12.4 Å². The fraction of sp³-hybridized carbons (Fsp3) is 0.538. The Kier molecular flexibility index (Phi) is 5.88. The summed E-state index contributed by atoms with van der Waals surface area (Å²) in [5, 5.41) is 0. The summed E-state index contributed by atoms with van der Waals surface area (Å²) in [4.78, 5) is 1.27. The number of benzene rings is 1. The zero-order chi connectivity index (χ0) is 12.0. The second-order valence-corrected chi connectivity index (χ2v) is 5.30. The summed E-state index contributed by atoms with van der Waals surface area (Å²) in [5.74, 6) is 0.987. The van der Waals surface area contributed by atoms with E-state index in [1.165, 1.54) is 10.5 Å². The molecule has 3 heteroatoms. The highest BCUT2D eigenvalue weighted by Crippen LogP contribution is 2.21. The molecule has 0 aromatic heterocycles. The molecule has 0 fully saturated rings. The molecule has 0 saturated carbocycles. The molecule has 1 aromatic rings. The first-order chi connectivity index (χ1) is 7.59. The number of hydrogen-bond donors (Lipinski definition) is 1. The Labute approximate surface area is 103 Å². The van der Waals surface area contributed by atoms with Gasteiger partial charge in [0.05, 0.1) is 12.7 Å². The van der Waals surface area contributed by atoms with Crippen LogP contribution in [-0.2, 0) is 4.74 Å². The van der Waals surface area contributed by atoms with Crippen LogP contribution >= 0.6 is 11.8 Å². The molecular formula is C13H21NOS. The molecule has 2 nitrogen and oxygen atoms in total. The second kappa shape index (κ2) is 6.94. The van der Waals surface area contributed by atoms with Gasteiger partial charge in [0, 0.05) is 16.7 Å². The van der Waals surface area contributed by atoms with Gasteiger partial charge in [-0.2, -0.15) is 0 Å². The van der Waals surface area contributed by atoms with E-state index in [2.05, 4.69) is 38.1 Å². The van der Waals surface area contributed by atoms with E-state index < -0.39 is 0 Å². The van der Waals surface area contributed by atoms with Gasteiger partial charge in [-0.1, -0.05) is 12.1 Å². The van der Waals surface area contributed by atoms with E-state index in [1.807, 2.05) is 18.7 Å². The first-order valence-electron chi connectivity index (χ1n) is 5.69. The zero-order valence-electron chi connectivity index (χ0n) is 10.3. The van der Waals surface area contributed by atoms with Crippen LogP contribution in [0.1, 0.15) is 32.4 Å². The Morgan fingerprint density at radius 1 is 1.31 bits per heavy atom. The van der Waals surface area contributed by atoms with Crippen molar-refractivity contribution in [2.24, 2.45) is 5.73 Å². The van der Waals surface area contributed by atoms with Gasteiger partial charge in [0.1, 0.15) is 0 Å². The third-order valence-electron chi connectivity index (χ3n) is 2.19. The minimum Gasteiger partial charge on any atom is -0.378 e. The van der Waals surface area contributed by atoms with Crippen molar-refractivity contribution in [3.63, 3.8) is 0 Å². The molecule has 1 unspecified atom stereocenters. The van der Waals surface area contributed by atoms with Crippen molar-refractivity contribution < 1.29 is 4.74 Å². The van der Waals surface area contributed by atoms with Gasteiger partial charge in [0.25, 0.3) is 0 Å². The SMILES string of the molecule is CC(C)OCCSc1cccc(C(C)N)c1. The first-order valence-corrected chi connectivity index (χ1v) is 6.68. The highest BCUT2D eigenvalue weighted by atomic mass is 32.2. The lowest BCUT2D eigenvalue weighted by Gasteiger charge is -2.09. The summed E-state index contributed by atoms with van der Waals surface area (Å²) in [6.45, 7) is 6.92. The topological polar surface area (TPSA) is 35.2 Å². The van der Waals surface area contributed by atoms with E-state index in [9.17, 15) is 0 Å². The minimum atomic E-state index is 0.104. The Morgan fingerprint density at radius 3 is 2.69 bits per heavy atom. The molecule has 0 amide bonds. The Hall–Kier alpha value is -0.510. The summed E-state index contributed by atoms with van der Waals surface area (Å²) in [6, 6.07) is 8.51. The van der Waals surface area contributed by atoms with Crippen molar-refractivity contribution >= 4 is 11.8 Å². The van der Waals surface area contributed by atoms with Gasteiger partial charge < -0.3 is 10.5 Å². The largest absolute Gasteiger partial charge is 0.378 e. The standard InChI is InChI=1S/C13H21NOS/c1-10(2)15-7-8-16-13-6-4-5-12(9-13)11(3)14/h4-6,9-11H,7-8,14H2,1-3H3. The first kappa shape index (κ1) is 13.6. The molecule has 0 heterocycles. The molecule has 0 aliphatic carbocycles. The highest BCUT2D eigenvalue weighted by molar-refractivity contribution is 7.99. The molecule has 1 aromatic carbocycles. The quantitative estimate of drug-likeness (QED) is 0.611. The molecule has 0 saturated heterocycles. The van der Waals surface area contributed by atoms with Crippen LogP contribution in [0.15, 0.2) is 29.2 Å². The average molecular weight is 239 g/mol. The Morgan fingerprint density at radius 2 is 2.06 bits per heavy atom. The summed E-state index contributed by atoms with van der Waals surface area (Å²) in [6.07, 6.45) is 0.316. The molecule has 90 valence electrons. The summed E-state index contributed by atoms with van der Waals surface area (Å²) in [5.41, 5.74) is 7.03. The van der Waals surface area contributed by atoms with Crippen LogP contribution in [0.5, 0.6) is 0 Å². The fourth-order valence-electron chi connectivity index (χ4n) is 1.33. The number of nitrogens with two attached hydrogens (primary N) is 1. The van der Waals surface area contributed by atoms with Gasteiger partial charge in [0.15, 0.2) is 0 Å². The van der Waals surface area contributed by atoms with Gasteiger partial charge in [-0.15, -0.1) is 11.8 Å². The molecular weight excluding hydrogens is 218 g/mol. The maximum absolute atomic E-state index is 5.84. The number of hydrogen-bond acceptors (Lipinski definition) is 3. The van der Waals surface area contributed by atoms with Crippen LogP contribution in [0, 0.1) is 0 Å². The second-order valence-electron chi connectivity index (χ2n) is 4.13. The summed E-state index contributed by atoms with van der Waals surface area (Å²) in [7, 11) is 0. The molecule has 0 radical (unpaired) electrons. The van der Waals surface area contributed by atoms with E-state index in [1.54, 1.807) is 0 Å². The van der Waals surface area contributed by atoms with Crippen molar-refractivity contribution in [1.82, 2.24) is 0 Å². The van der Waals surface area contributed by atoms with Crippen molar-refractivity contribution in [1.29, 1.82) is 0 Å². The molecule has 1 atom stereocenters. The average Bonchev–Trinajstić information content (AvgIpc) is 2.24. The van der Waals surface area contributed by atoms with Crippen LogP contribution in [-0.4, -0.2) is 18.5 Å². The lowest BCUT2D eigenvalue weighted by Crippen LogP contribution is -2.06. The zero-order valence-corrected chi connectivity index (χ0v) is 11.1. The van der Waals surface area contributed by atoms with Gasteiger partial charge >= 0.3 is 0 Å². The van der Waals surface area contributed by atoms with Crippen molar-refractivity contribution in [3.05, 3.63) is 29.8 Å². The number of ether oxygens (including phenoxy) is 1. The maximum Gasteiger partial charge on any atom is 0.0563 e. The highest BCUT2D eigenvalue weighted by Gasteiger charge is 2.01. The van der Waals surface area contributed by atoms with E-state index in [-0.39, 0.29) is 6.04 Å². The number of rotatable bonds is 6. The van der Waals surface area contributed by atoms with Crippen LogP contribution < -0.4 is 5.73 Å². The molecule has 2 N–H and O–H groups in total. The third-order valence-corrected chi connectivity index (χ3v) is 3.15. The minimum absolute atomic E-state index is 0.104. The maximum atomic E-state index is 5.84. The smallest absolute Gasteiger partial charge is 0.0563 e. The Balaban J connectivity index is 2.39. The number of thioether (sulfide) groups is 1. The molecule has 16 heavy (non-hydrogen) atoms. The van der Waals surface area contributed by atoms with Crippen molar-refractivity contribution in [2.45, 2.75) is 37.8 Å². The monoisotopic (exact) mass is 239 g/mol. The molecule has 0 aliphatic rings. The molecule has 0 bridgehead atoms. The predicted molar refractivity (Wildman–Crippen MR) is 70.9 cm³/mol. The van der Waals surface area contributed by atoms with Crippen LogP contribution in [0.2, 0.25) is 0 Å². The van der Waals surface area contributed by atoms with Crippen LogP contribution in [0.3, 0.4) is 0 Å². The Bertz CT molecular complexity index is 313. The summed E-state index contributed by atoms with van der Waals surface area (Å²) < 4.78 is 5.50. The molecule has 0 spiro atoms. The van der Waals surface area contributed by atoms with Crippen molar-refractivity contribution in [2.75, 3.05) is 12.4 Å². The third kappa shape index (κ3) is 5.01. The van der Waals surface area contributed by atoms with E-state index in [4.69, 9.17) is 10.5 Å². The lowest BCUT2D eigenvalue weighted by atomic mass is 10.1. The van der Waals surface area contributed by atoms with Crippen LogP contribution in [0.25, 0.3) is 0 Å². The van der Waals surface area contributed by atoms with E-state index in [0.29, 0.717) is 6.10 Å². The van der Waals surface area contributed by atoms with Gasteiger partial charge in [0.2, 0.25) is 0 Å². The fourth-order valence-corrected chi connectivity index (χ4v) is 2.14. The summed E-state index contributed by atoms with van der Waals surface area (Å²) >= 11 is 1.81. The normalized spacial score (nSPS) is 13.1. The molecule has 0 aliphatic heterocycles. The van der Waals surface area contributed by atoms with Gasteiger partial charge in [-0.25, -0.2) is 0 Å². The molecule has 1 rings (SSSR count). The van der Waals surface area contributed by atoms with E-state index >= 15 is 0 Å². The lowest BCUT2D eigenvalue weighted by molar-refractivity contribution is 0.0920. The van der Waals surface area contributed by atoms with Crippen LogP contribution in [0.4, 0.5) is 0 Å². The van der Waals surface area contributed by atoms with Crippen molar-refractivity contribution in [3.8, 4) is 0 Å². The van der Waals surface area contributed by atoms with Gasteiger partial charge in [-0.05, 0) is 38.5 Å².